The van der Waals surface area contributed by atoms with E-state index in [2.05, 4.69) is 64.7 Å². The Morgan fingerprint density at radius 1 is 1.09 bits per heavy atom. The average molecular weight is 361 g/mol. The first-order valence-corrected chi connectivity index (χ1v) is 8.24. The lowest BCUT2D eigenvalue weighted by atomic mass is 10.0. The third-order valence-electron chi connectivity index (χ3n) is 3.41. The van der Waals surface area contributed by atoms with Crippen molar-refractivity contribution in [3.63, 3.8) is 0 Å². The molecule has 2 N–H and O–H groups in total. The number of rotatable bonds is 6. The van der Waals surface area contributed by atoms with Gasteiger partial charge in [0.1, 0.15) is 0 Å². The lowest BCUT2D eigenvalue weighted by molar-refractivity contribution is -0.115. The van der Waals surface area contributed by atoms with E-state index in [0.717, 1.165) is 15.8 Å². The monoisotopic (exact) mass is 360 g/mol. The van der Waals surface area contributed by atoms with Gasteiger partial charge in [-0.15, -0.1) is 0 Å². The van der Waals surface area contributed by atoms with E-state index in [1.165, 1.54) is 5.56 Å². The third kappa shape index (κ3) is 4.88. The number of anilines is 2. The van der Waals surface area contributed by atoms with Crippen molar-refractivity contribution in [1.82, 2.24) is 0 Å². The van der Waals surface area contributed by atoms with Gasteiger partial charge in [0.25, 0.3) is 0 Å². The van der Waals surface area contributed by atoms with Crippen LogP contribution < -0.4 is 10.6 Å². The summed E-state index contributed by atoms with van der Waals surface area (Å²) in [5.41, 5.74) is 3.16. The van der Waals surface area contributed by atoms with Gasteiger partial charge >= 0.3 is 0 Å². The highest BCUT2D eigenvalue weighted by molar-refractivity contribution is 9.10. The van der Waals surface area contributed by atoms with E-state index in [-0.39, 0.29) is 5.91 Å². The van der Waals surface area contributed by atoms with Gasteiger partial charge in [-0.2, -0.15) is 0 Å². The maximum Gasteiger partial charge on any atom is 0.226 e. The van der Waals surface area contributed by atoms with Gasteiger partial charge in [0.15, 0.2) is 0 Å². The van der Waals surface area contributed by atoms with Crippen LogP contribution in [0.1, 0.15) is 31.7 Å². The molecular weight excluding hydrogens is 340 g/mol. The minimum absolute atomic E-state index is 0.00167. The van der Waals surface area contributed by atoms with E-state index in [1.54, 1.807) is 0 Å². The zero-order valence-electron chi connectivity index (χ0n) is 12.9. The van der Waals surface area contributed by atoms with Gasteiger partial charge in [-0.3, -0.25) is 4.79 Å². The molecule has 0 aliphatic heterocycles. The molecule has 0 heterocycles. The molecule has 116 valence electrons. The molecule has 0 spiro atoms. The molecule has 2 rings (SSSR count). The lowest BCUT2D eigenvalue weighted by Gasteiger charge is -2.10. The van der Waals surface area contributed by atoms with Crippen LogP contribution in [0.5, 0.6) is 0 Å². The number of hydrogen-bond acceptors (Lipinski definition) is 2. The zero-order valence-corrected chi connectivity index (χ0v) is 14.5. The summed E-state index contributed by atoms with van der Waals surface area (Å²) >= 11 is 3.42. The minimum atomic E-state index is -0.00167. The quantitative estimate of drug-likeness (QED) is 0.759. The molecular formula is C18H21BrN2O. The van der Waals surface area contributed by atoms with Gasteiger partial charge in [0.05, 0.1) is 5.69 Å². The van der Waals surface area contributed by atoms with Crippen molar-refractivity contribution < 1.29 is 4.79 Å². The van der Waals surface area contributed by atoms with Gasteiger partial charge in [0, 0.05) is 23.1 Å². The van der Waals surface area contributed by atoms with E-state index >= 15 is 0 Å². The van der Waals surface area contributed by atoms with Crippen molar-refractivity contribution in [2.24, 2.45) is 0 Å². The fourth-order valence-electron chi connectivity index (χ4n) is 2.08. The largest absolute Gasteiger partial charge is 0.385 e. The molecule has 0 unspecified atom stereocenters. The second kappa shape index (κ2) is 7.99. The van der Waals surface area contributed by atoms with Gasteiger partial charge in [-0.1, -0.05) is 38.1 Å². The van der Waals surface area contributed by atoms with Crippen molar-refractivity contribution >= 4 is 33.2 Å². The number of hydrogen-bond donors (Lipinski definition) is 2. The van der Waals surface area contributed by atoms with Gasteiger partial charge in [-0.05, 0) is 51.7 Å². The average Bonchev–Trinajstić information content (AvgIpc) is 2.50. The Morgan fingerprint density at radius 2 is 1.77 bits per heavy atom. The predicted molar refractivity (Wildman–Crippen MR) is 96.4 cm³/mol. The van der Waals surface area contributed by atoms with Crippen LogP contribution in [-0.4, -0.2) is 12.5 Å². The first-order chi connectivity index (χ1) is 10.6. The molecule has 0 saturated carbocycles. The van der Waals surface area contributed by atoms with E-state index in [1.807, 2.05) is 24.3 Å². The number of amides is 1. The highest BCUT2D eigenvalue weighted by Crippen LogP contribution is 2.21. The predicted octanol–water partition coefficient (Wildman–Crippen LogP) is 5.01. The molecule has 0 fully saturated rings. The number of nitrogens with one attached hydrogen (secondary N) is 2. The summed E-state index contributed by atoms with van der Waals surface area (Å²) in [5, 5.41) is 6.16. The molecule has 2 aromatic carbocycles. The highest BCUT2D eigenvalue weighted by atomic mass is 79.9. The number of carbonyl (C=O) groups excluding carboxylic acids is 1. The maximum absolute atomic E-state index is 11.9. The number of benzene rings is 2. The number of carbonyl (C=O) groups is 1. The van der Waals surface area contributed by atoms with Gasteiger partial charge < -0.3 is 10.6 Å². The third-order valence-corrected chi connectivity index (χ3v) is 4.10. The summed E-state index contributed by atoms with van der Waals surface area (Å²) in [4.78, 5) is 11.9. The van der Waals surface area contributed by atoms with Crippen molar-refractivity contribution in [3.05, 3.63) is 58.6 Å². The van der Waals surface area contributed by atoms with Crippen LogP contribution in [0.2, 0.25) is 0 Å². The SMILES string of the molecule is CC(C)c1ccc(NCCC(=O)Nc2ccccc2Br)cc1. The summed E-state index contributed by atoms with van der Waals surface area (Å²) in [5.74, 6) is 0.530. The maximum atomic E-state index is 11.9. The minimum Gasteiger partial charge on any atom is -0.385 e. The second-order valence-electron chi connectivity index (χ2n) is 5.48. The van der Waals surface area contributed by atoms with Gasteiger partial charge in [0.2, 0.25) is 5.91 Å². The number of para-hydroxylation sites is 1. The lowest BCUT2D eigenvalue weighted by Crippen LogP contribution is -2.16. The molecule has 2 aromatic rings. The van der Waals surface area contributed by atoms with Crippen LogP contribution in [0.4, 0.5) is 11.4 Å². The van der Waals surface area contributed by atoms with E-state index in [9.17, 15) is 4.79 Å². The van der Waals surface area contributed by atoms with E-state index in [4.69, 9.17) is 0 Å². The molecule has 4 heteroatoms. The summed E-state index contributed by atoms with van der Waals surface area (Å²) in [6.07, 6.45) is 0.424. The molecule has 0 saturated heterocycles. The molecule has 0 aliphatic rings. The normalized spacial score (nSPS) is 10.5. The van der Waals surface area contributed by atoms with Crippen LogP contribution in [0.15, 0.2) is 53.0 Å². The fraction of sp³-hybridized carbons (Fsp3) is 0.278. The Labute approximate surface area is 140 Å². The van der Waals surface area contributed by atoms with Gasteiger partial charge in [-0.25, -0.2) is 0 Å². The Bertz CT molecular complexity index is 623. The Balaban J connectivity index is 1.78. The van der Waals surface area contributed by atoms with Crippen molar-refractivity contribution in [3.8, 4) is 0 Å². The molecule has 0 bridgehead atoms. The molecule has 1 amide bonds. The Hall–Kier alpha value is -1.81. The topological polar surface area (TPSA) is 41.1 Å². The first kappa shape index (κ1) is 16.6. The van der Waals surface area contributed by atoms with Crippen LogP contribution in [0.3, 0.4) is 0 Å². The molecule has 3 nitrogen and oxygen atoms in total. The van der Waals surface area contributed by atoms with Crippen LogP contribution >= 0.6 is 15.9 Å². The molecule has 0 radical (unpaired) electrons. The first-order valence-electron chi connectivity index (χ1n) is 7.44. The second-order valence-corrected chi connectivity index (χ2v) is 6.34. The highest BCUT2D eigenvalue weighted by Gasteiger charge is 2.05. The number of halogens is 1. The molecule has 0 atom stereocenters. The molecule has 0 aliphatic carbocycles. The summed E-state index contributed by atoms with van der Waals surface area (Å²) in [7, 11) is 0. The molecule has 22 heavy (non-hydrogen) atoms. The van der Waals surface area contributed by atoms with Crippen LogP contribution in [0, 0.1) is 0 Å². The summed E-state index contributed by atoms with van der Waals surface area (Å²) in [6, 6.07) is 15.9. The van der Waals surface area contributed by atoms with Crippen molar-refractivity contribution in [1.29, 1.82) is 0 Å². The molecule has 0 aromatic heterocycles. The van der Waals surface area contributed by atoms with E-state index in [0.29, 0.717) is 18.9 Å². The standard InChI is InChI=1S/C18H21BrN2O/c1-13(2)14-7-9-15(10-8-14)20-12-11-18(22)21-17-6-4-3-5-16(17)19/h3-10,13,20H,11-12H2,1-2H3,(H,21,22). The Kier molecular flexibility index (Phi) is 6.01. The van der Waals surface area contributed by atoms with Crippen molar-refractivity contribution in [2.45, 2.75) is 26.2 Å². The summed E-state index contributed by atoms with van der Waals surface area (Å²) < 4.78 is 0.889. The Morgan fingerprint density at radius 3 is 2.41 bits per heavy atom. The van der Waals surface area contributed by atoms with E-state index < -0.39 is 0 Å². The van der Waals surface area contributed by atoms with Crippen LogP contribution in [-0.2, 0) is 4.79 Å². The smallest absolute Gasteiger partial charge is 0.226 e. The zero-order chi connectivity index (χ0) is 15.9. The fourth-order valence-corrected chi connectivity index (χ4v) is 2.47. The summed E-state index contributed by atoms with van der Waals surface area (Å²) in [6.45, 7) is 4.96. The van der Waals surface area contributed by atoms with Crippen molar-refractivity contribution in [2.75, 3.05) is 17.2 Å². The van der Waals surface area contributed by atoms with Crippen LogP contribution in [0.25, 0.3) is 0 Å².